The predicted molar refractivity (Wildman–Crippen MR) is 84.6 cm³/mol. The van der Waals surface area contributed by atoms with E-state index in [2.05, 4.69) is 10.6 Å². The van der Waals surface area contributed by atoms with Gasteiger partial charge in [0.15, 0.2) is 6.29 Å². The van der Waals surface area contributed by atoms with Crippen LogP contribution in [-0.4, -0.2) is 37.9 Å². The van der Waals surface area contributed by atoms with Crippen LogP contribution in [0.1, 0.15) is 25.0 Å². The second kappa shape index (κ2) is 9.17. The molecule has 0 saturated heterocycles. The van der Waals surface area contributed by atoms with Gasteiger partial charge in [-0.2, -0.15) is 0 Å². The first-order valence-electron chi connectivity index (χ1n) is 7.37. The SMILES string of the molecule is CCOC(CNC(=O)C(=O)Nc1cc(C)ccc1C)OCC. The summed E-state index contributed by atoms with van der Waals surface area (Å²) in [5.74, 6) is -1.43. The summed E-state index contributed by atoms with van der Waals surface area (Å²) < 4.78 is 10.6. The molecular formula is C16H24N2O4. The summed E-state index contributed by atoms with van der Waals surface area (Å²) in [6.45, 7) is 8.52. The molecule has 0 aromatic heterocycles. The number of ether oxygens (including phenoxy) is 2. The van der Waals surface area contributed by atoms with E-state index in [-0.39, 0.29) is 6.54 Å². The van der Waals surface area contributed by atoms with E-state index in [4.69, 9.17) is 9.47 Å². The van der Waals surface area contributed by atoms with Gasteiger partial charge in [-0.15, -0.1) is 0 Å². The van der Waals surface area contributed by atoms with Gasteiger partial charge in [0.2, 0.25) is 0 Å². The van der Waals surface area contributed by atoms with Gasteiger partial charge >= 0.3 is 11.8 Å². The lowest BCUT2D eigenvalue weighted by atomic mass is 10.1. The Balaban J connectivity index is 2.54. The van der Waals surface area contributed by atoms with Gasteiger partial charge in [0, 0.05) is 18.9 Å². The zero-order valence-corrected chi connectivity index (χ0v) is 13.6. The highest BCUT2D eigenvalue weighted by molar-refractivity contribution is 6.39. The quantitative estimate of drug-likeness (QED) is 0.594. The summed E-state index contributed by atoms with van der Waals surface area (Å²) in [5.41, 5.74) is 2.54. The van der Waals surface area contributed by atoms with Crippen LogP contribution >= 0.6 is 0 Å². The van der Waals surface area contributed by atoms with Crippen LogP contribution in [0, 0.1) is 13.8 Å². The number of hydrogen-bond acceptors (Lipinski definition) is 4. The minimum absolute atomic E-state index is 0.126. The summed E-state index contributed by atoms with van der Waals surface area (Å²) in [6, 6.07) is 5.66. The molecule has 6 nitrogen and oxygen atoms in total. The van der Waals surface area contributed by atoms with Gasteiger partial charge in [-0.25, -0.2) is 0 Å². The van der Waals surface area contributed by atoms with Gasteiger partial charge in [-0.05, 0) is 44.9 Å². The fraction of sp³-hybridized carbons (Fsp3) is 0.500. The highest BCUT2D eigenvalue weighted by Gasteiger charge is 2.17. The molecule has 0 saturated carbocycles. The average molecular weight is 308 g/mol. The lowest BCUT2D eigenvalue weighted by Gasteiger charge is -2.17. The average Bonchev–Trinajstić information content (AvgIpc) is 2.48. The number of aryl methyl sites for hydroxylation is 2. The van der Waals surface area contributed by atoms with Gasteiger partial charge in [0.1, 0.15) is 0 Å². The Morgan fingerprint density at radius 2 is 1.73 bits per heavy atom. The third kappa shape index (κ3) is 5.83. The molecule has 0 radical (unpaired) electrons. The van der Waals surface area contributed by atoms with Gasteiger partial charge < -0.3 is 20.1 Å². The summed E-state index contributed by atoms with van der Waals surface area (Å²) in [7, 11) is 0. The Kier molecular flexibility index (Phi) is 7.56. The van der Waals surface area contributed by atoms with Gasteiger partial charge in [0.25, 0.3) is 0 Å². The van der Waals surface area contributed by atoms with E-state index < -0.39 is 18.1 Å². The van der Waals surface area contributed by atoms with Gasteiger partial charge in [-0.3, -0.25) is 9.59 Å². The Hall–Kier alpha value is -1.92. The van der Waals surface area contributed by atoms with Crippen LogP contribution in [0.3, 0.4) is 0 Å². The van der Waals surface area contributed by atoms with E-state index in [0.29, 0.717) is 18.9 Å². The first kappa shape index (κ1) is 18.1. The largest absolute Gasteiger partial charge is 0.351 e. The van der Waals surface area contributed by atoms with E-state index in [0.717, 1.165) is 11.1 Å². The Morgan fingerprint density at radius 1 is 1.09 bits per heavy atom. The van der Waals surface area contributed by atoms with E-state index in [1.165, 1.54) is 0 Å². The normalized spacial score (nSPS) is 10.6. The molecule has 122 valence electrons. The van der Waals surface area contributed by atoms with Crippen LogP contribution in [0.25, 0.3) is 0 Å². The lowest BCUT2D eigenvalue weighted by Crippen LogP contribution is -2.41. The highest BCUT2D eigenvalue weighted by Crippen LogP contribution is 2.16. The van der Waals surface area contributed by atoms with Crippen molar-refractivity contribution in [2.24, 2.45) is 0 Å². The van der Waals surface area contributed by atoms with Crippen molar-refractivity contribution in [3.05, 3.63) is 29.3 Å². The monoisotopic (exact) mass is 308 g/mol. The van der Waals surface area contributed by atoms with Crippen LogP contribution in [0.15, 0.2) is 18.2 Å². The number of carbonyl (C=O) groups excluding carboxylic acids is 2. The molecule has 1 aromatic rings. The molecule has 0 aliphatic carbocycles. The fourth-order valence-electron chi connectivity index (χ4n) is 1.84. The first-order valence-corrected chi connectivity index (χ1v) is 7.37. The number of rotatable bonds is 7. The molecule has 0 aliphatic rings. The first-order chi connectivity index (χ1) is 10.5. The molecule has 0 unspecified atom stereocenters. The second-order valence-corrected chi connectivity index (χ2v) is 4.82. The Morgan fingerprint density at radius 3 is 2.32 bits per heavy atom. The number of nitrogens with one attached hydrogen (secondary N) is 2. The molecule has 1 rings (SSSR count). The Bertz CT molecular complexity index is 511. The second-order valence-electron chi connectivity index (χ2n) is 4.82. The minimum atomic E-state index is -0.717. The van der Waals surface area contributed by atoms with Crippen molar-refractivity contribution >= 4 is 17.5 Å². The maximum atomic E-state index is 11.9. The van der Waals surface area contributed by atoms with Crippen molar-refractivity contribution in [1.29, 1.82) is 0 Å². The van der Waals surface area contributed by atoms with Gasteiger partial charge in [0.05, 0.1) is 6.54 Å². The molecule has 0 aliphatic heterocycles. The van der Waals surface area contributed by atoms with E-state index >= 15 is 0 Å². The molecule has 0 heterocycles. The molecule has 6 heteroatoms. The zero-order valence-electron chi connectivity index (χ0n) is 13.6. The number of benzene rings is 1. The number of carbonyl (C=O) groups is 2. The van der Waals surface area contributed by atoms with Gasteiger partial charge in [-0.1, -0.05) is 12.1 Å². The molecule has 2 amide bonds. The molecule has 0 spiro atoms. The van der Waals surface area contributed by atoms with Crippen molar-refractivity contribution in [3.63, 3.8) is 0 Å². The molecule has 22 heavy (non-hydrogen) atoms. The standard InChI is InChI=1S/C16H24N2O4/c1-5-21-14(22-6-2)10-17-15(19)16(20)18-13-9-11(3)7-8-12(13)4/h7-9,14H,5-6,10H2,1-4H3,(H,17,19)(H,18,20). The van der Waals surface area contributed by atoms with Crippen molar-refractivity contribution < 1.29 is 19.1 Å². The topological polar surface area (TPSA) is 76.7 Å². The zero-order chi connectivity index (χ0) is 16.5. The minimum Gasteiger partial charge on any atom is -0.351 e. The van der Waals surface area contributed by atoms with E-state index in [1.807, 2.05) is 45.9 Å². The molecule has 2 N–H and O–H groups in total. The van der Waals surface area contributed by atoms with Crippen molar-refractivity contribution in [2.45, 2.75) is 34.0 Å². The van der Waals surface area contributed by atoms with E-state index in [1.54, 1.807) is 0 Å². The molecule has 0 fully saturated rings. The molecule has 0 bridgehead atoms. The van der Waals surface area contributed by atoms with Crippen LogP contribution < -0.4 is 10.6 Å². The van der Waals surface area contributed by atoms with E-state index in [9.17, 15) is 9.59 Å². The third-order valence-electron chi connectivity index (χ3n) is 2.98. The number of anilines is 1. The summed E-state index contributed by atoms with van der Waals surface area (Å²) in [5, 5.41) is 5.11. The van der Waals surface area contributed by atoms with Crippen LogP contribution in [0.4, 0.5) is 5.69 Å². The maximum absolute atomic E-state index is 11.9. The highest BCUT2D eigenvalue weighted by atomic mass is 16.7. The third-order valence-corrected chi connectivity index (χ3v) is 2.98. The predicted octanol–water partition coefficient (Wildman–Crippen LogP) is 1.76. The Labute approximate surface area is 131 Å². The number of hydrogen-bond donors (Lipinski definition) is 2. The van der Waals surface area contributed by atoms with Crippen molar-refractivity contribution in [2.75, 3.05) is 25.1 Å². The summed E-state index contributed by atoms with van der Waals surface area (Å²) in [4.78, 5) is 23.7. The fourth-order valence-corrected chi connectivity index (χ4v) is 1.84. The van der Waals surface area contributed by atoms with Crippen LogP contribution in [0.2, 0.25) is 0 Å². The number of amides is 2. The summed E-state index contributed by atoms with van der Waals surface area (Å²) in [6.07, 6.45) is -0.549. The maximum Gasteiger partial charge on any atom is 0.313 e. The molecular weight excluding hydrogens is 284 g/mol. The van der Waals surface area contributed by atoms with Crippen molar-refractivity contribution in [1.82, 2.24) is 5.32 Å². The summed E-state index contributed by atoms with van der Waals surface area (Å²) >= 11 is 0. The lowest BCUT2D eigenvalue weighted by molar-refractivity contribution is -0.145. The molecule has 0 atom stereocenters. The smallest absolute Gasteiger partial charge is 0.313 e. The van der Waals surface area contributed by atoms with Crippen LogP contribution in [-0.2, 0) is 19.1 Å². The molecule has 1 aromatic carbocycles. The van der Waals surface area contributed by atoms with Crippen molar-refractivity contribution in [3.8, 4) is 0 Å². The van der Waals surface area contributed by atoms with Crippen LogP contribution in [0.5, 0.6) is 0 Å².